The maximum Gasteiger partial charge on any atom is 0.265 e. The Kier molecular flexibility index (Phi) is 2.99. The molecule has 4 rings (SSSR count). The summed E-state index contributed by atoms with van der Waals surface area (Å²) in [4.78, 5) is 22.6. The molecule has 0 aliphatic heterocycles. The smallest absolute Gasteiger partial charge is 0.265 e. The molecule has 0 amide bonds. The summed E-state index contributed by atoms with van der Waals surface area (Å²) in [5, 5.41) is 13.8. The lowest BCUT2D eigenvalue weighted by atomic mass is 10.1. The van der Waals surface area contributed by atoms with Crippen molar-refractivity contribution in [1.82, 2.24) is 24.3 Å². The van der Waals surface area contributed by atoms with Crippen molar-refractivity contribution in [2.75, 3.05) is 5.43 Å². The van der Waals surface area contributed by atoms with Gasteiger partial charge < -0.3 is 0 Å². The Hall–Kier alpha value is -3.73. The molecule has 0 saturated heterocycles. The van der Waals surface area contributed by atoms with Crippen LogP contribution in [0.3, 0.4) is 0 Å². The molecule has 0 unspecified atom stereocenters. The number of hydrogen-bond acceptors (Lipinski definition) is 6. The maximum atomic E-state index is 12.9. The summed E-state index contributed by atoms with van der Waals surface area (Å²) in [6, 6.07) is 9.45. The molecule has 8 nitrogen and oxygen atoms in total. The molecular weight excluding hydrogens is 306 g/mol. The lowest BCUT2D eigenvalue weighted by Gasteiger charge is -2.03. The van der Waals surface area contributed by atoms with Crippen molar-refractivity contribution in [3.05, 3.63) is 63.6 Å². The molecule has 0 aliphatic rings. The largest absolute Gasteiger partial charge is 0.283 e. The molecule has 116 valence electrons. The number of para-hydroxylation sites is 2. The molecule has 0 spiro atoms. The molecule has 0 saturated carbocycles. The van der Waals surface area contributed by atoms with E-state index in [0.29, 0.717) is 33.0 Å². The van der Waals surface area contributed by atoms with Crippen LogP contribution in [0.25, 0.3) is 22.9 Å². The summed E-state index contributed by atoms with van der Waals surface area (Å²) in [7, 11) is 0. The summed E-state index contributed by atoms with van der Waals surface area (Å²) in [5.41, 5.74) is 5.26. The lowest BCUT2D eigenvalue weighted by molar-refractivity contribution is 0.810. The molecule has 0 atom stereocenters. The number of nitriles is 1. The second-order valence-corrected chi connectivity index (χ2v) is 5.20. The van der Waals surface area contributed by atoms with E-state index in [1.54, 1.807) is 6.92 Å². The van der Waals surface area contributed by atoms with Gasteiger partial charge in [0.2, 0.25) is 0 Å². The van der Waals surface area contributed by atoms with Gasteiger partial charge in [-0.3, -0.25) is 14.6 Å². The van der Waals surface area contributed by atoms with Crippen LogP contribution in [0.5, 0.6) is 0 Å². The van der Waals surface area contributed by atoms with Crippen LogP contribution in [-0.2, 0) is 0 Å². The minimum atomic E-state index is -0.247. The maximum absolute atomic E-state index is 12.9. The Balaban J connectivity index is 2.11. The Morgan fingerprint density at radius 3 is 2.92 bits per heavy atom. The van der Waals surface area contributed by atoms with Crippen LogP contribution < -0.4 is 16.2 Å². The third-order valence-electron chi connectivity index (χ3n) is 3.87. The van der Waals surface area contributed by atoms with Crippen LogP contribution in [0.1, 0.15) is 11.1 Å². The fourth-order valence-corrected chi connectivity index (χ4v) is 2.69. The molecule has 0 radical (unpaired) electrons. The normalized spacial score (nSPS) is 11.9. The summed E-state index contributed by atoms with van der Waals surface area (Å²) in [6.45, 7) is 1.73. The Morgan fingerprint density at radius 1 is 1.33 bits per heavy atom. The predicted molar refractivity (Wildman–Crippen MR) is 87.5 cm³/mol. The van der Waals surface area contributed by atoms with E-state index in [0.717, 1.165) is 0 Å². The van der Waals surface area contributed by atoms with Crippen LogP contribution in [0.4, 0.5) is 0 Å². The first-order valence-corrected chi connectivity index (χ1v) is 7.16. The molecule has 0 bridgehead atoms. The van der Waals surface area contributed by atoms with Gasteiger partial charge in [0.25, 0.3) is 5.56 Å². The van der Waals surface area contributed by atoms with Gasteiger partial charge in [0.1, 0.15) is 18.7 Å². The van der Waals surface area contributed by atoms with E-state index >= 15 is 0 Å². The highest BCUT2D eigenvalue weighted by atomic mass is 16.1. The molecule has 24 heavy (non-hydrogen) atoms. The first-order chi connectivity index (χ1) is 11.7. The van der Waals surface area contributed by atoms with Crippen molar-refractivity contribution in [3.63, 3.8) is 0 Å². The van der Waals surface area contributed by atoms with E-state index < -0.39 is 0 Å². The van der Waals surface area contributed by atoms with Crippen molar-refractivity contribution in [1.29, 1.82) is 5.26 Å². The molecule has 1 aromatic carbocycles. The zero-order valence-corrected chi connectivity index (χ0v) is 12.6. The number of rotatable bonds is 2. The average Bonchev–Trinajstić information content (AvgIpc) is 3.22. The first-order valence-electron chi connectivity index (χ1n) is 7.16. The molecule has 0 fully saturated rings. The highest BCUT2D eigenvalue weighted by Gasteiger charge is 2.15. The topological polar surface area (TPSA) is 101 Å². The minimum Gasteiger partial charge on any atom is -0.283 e. The van der Waals surface area contributed by atoms with Crippen molar-refractivity contribution >= 4 is 22.9 Å². The number of nitrogens with one attached hydrogen (secondary N) is 1. The van der Waals surface area contributed by atoms with Gasteiger partial charge >= 0.3 is 0 Å². The van der Waals surface area contributed by atoms with Crippen LogP contribution in [0.2, 0.25) is 0 Å². The number of nitrogens with zero attached hydrogens (tertiary/aromatic N) is 6. The average molecular weight is 317 g/mol. The van der Waals surface area contributed by atoms with Crippen LogP contribution >= 0.6 is 0 Å². The number of pyridine rings is 1. The molecule has 3 heterocycles. The van der Waals surface area contributed by atoms with Gasteiger partial charge in [-0.1, -0.05) is 12.1 Å². The number of hydrogen-bond donors (Lipinski definition) is 1. The second-order valence-electron chi connectivity index (χ2n) is 5.20. The van der Waals surface area contributed by atoms with E-state index in [1.807, 2.05) is 24.3 Å². The van der Waals surface area contributed by atoms with Gasteiger partial charge in [-0.2, -0.15) is 10.1 Å². The second kappa shape index (κ2) is 5.17. The molecule has 3 aromatic heterocycles. The predicted octanol–water partition coefficient (Wildman–Crippen LogP) is 0.320. The quantitative estimate of drug-likeness (QED) is 0.571. The minimum absolute atomic E-state index is 0.247. The third-order valence-corrected chi connectivity index (χ3v) is 3.87. The molecule has 0 aliphatic carbocycles. The molecule has 8 heteroatoms. The number of imidazole rings is 1. The summed E-state index contributed by atoms with van der Waals surface area (Å²) < 4.78 is 1.47. The number of fused-ring (bicyclic) bond motifs is 3. The lowest BCUT2D eigenvalue weighted by Crippen LogP contribution is -2.35. The van der Waals surface area contributed by atoms with E-state index in [4.69, 9.17) is 0 Å². The van der Waals surface area contributed by atoms with Crippen molar-refractivity contribution in [2.24, 2.45) is 0 Å². The Morgan fingerprint density at radius 2 is 2.17 bits per heavy atom. The molecule has 1 N–H and O–H groups in total. The standard InChI is InChI=1S/C16H11N7O/c1-10-11(6-17)15-21-13-4-2-3-5-14(13)23(15)16(24)12(10)7-19-22-9-18-8-20-22/h2-5,7-9,19H,1H3/b12-7-. The van der Waals surface area contributed by atoms with Crippen molar-refractivity contribution in [3.8, 4) is 6.07 Å². The van der Waals surface area contributed by atoms with E-state index in [9.17, 15) is 10.1 Å². The first kappa shape index (κ1) is 13.9. The number of benzene rings is 1. The van der Waals surface area contributed by atoms with Gasteiger partial charge in [-0.05, 0) is 24.6 Å². The fourth-order valence-electron chi connectivity index (χ4n) is 2.69. The van der Waals surface area contributed by atoms with E-state index in [1.165, 1.54) is 28.0 Å². The highest BCUT2D eigenvalue weighted by molar-refractivity contribution is 5.82. The van der Waals surface area contributed by atoms with Gasteiger partial charge in [0, 0.05) is 6.20 Å². The molecule has 4 aromatic rings. The van der Waals surface area contributed by atoms with Crippen LogP contribution in [-0.4, -0.2) is 24.3 Å². The van der Waals surface area contributed by atoms with Crippen LogP contribution in [0, 0.1) is 18.3 Å². The van der Waals surface area contributed by atoms with E-state index in [2.05, 4.69) is 26.6 Å². The summed E-state index contributed by atoms with van der Waals surface area (Å²) in [5.74, 6) is 0. The SMILES string of the molecule is Cc1c(C#N)c2nc3ccccc3n2c(=O)/c1=C\Nn1cncn1. The Labute approximate surface area is 135 Å². The van der Waals surface area contributed by atoms with Crippen LogP contribution in [0.15, 0.2) is 41.7 Å². The fraction of sp³-hybridized carbons (Fsp3) is 0.0625. The monoisotopic (exact) mass is 317 g/mol. The Bertz CT molecular complexity index is 1220. The highest BCUT2D eigenvalue weighted by Crippen LogP contribution is 2.17. The van der Waals surface area contributed by atoms with Crippen molar-refractivity contribution in [2.45, 2.75) is 6.92 Å². The van der Waals surface area contributed by atoms with Gasteiger partial charge in [0.05, 0.1) is 21.8 Å². The summed E-state index contributed by atoms with van der Waals surface area (Å²) >= 11 is 0. The molecular formula is C16H11N7O. The van der Waals surface area contributed by atoms with Crippen molar-refractivity contribution < 1.29 is 0 Å². The zero-order valence-electron chi connectivity index (χ0n) is 12.6. The summed E-state index contributed by atoms with van der Waals surface area (Å²) in [6.07, 6.45) is 4.35. The van der Waals surface area contributed by atoms with Gasteiger partial charge in [-0.25, -0.2) is 9.97 Å². The zero-order chi connectivity index (χ0) is 16.7. The van der Waals surface area contributed by atoms with Gasteiger partial charge in [-0.15, -0.1) is 5.10 Å². The number of aromatic nitrogens is 5. The van der Waals surface area contributed by atoms with E-state index in [-0.39, 0.29) is 5.56 Å². The van der Waals surface area contributed by atoms with Gasteiger partial charge in [0.15, 0.2) is 5.65 Å². The third kappa shape index (κ3) is 1.92.